The third-order valence-corrected chi connectivity index (χ3v) is 2.79. The molecule has 2 heteroatoms. The molecular weight excluding hydrogens is 210 g/mol. The standard InChI is InChI=1S/C15H25NO/c1-4-6-7-10-17-15-9-8-13(3)11-14(15)12-16-5-2/h8-9,11,16H,4-7,10,12H2,1-3H3. The number of unbranched alkanes of at least 4 members (excludes halogenated alkanes) is 2. The Balaban J connectivity index is 2.55. The SMILES string of the molecule is CCCCCOc1ccc(C)cc1CNCC. The van der Waals surface area contributed by atoms with Crippen LogP contribution in [0, 0.1) is 6.92 Å². The van der Waals surface area contributed by atoms with Crippen molar-refractivity contribution in [2.75, 3.05) is 13.2 Å². The van der Waals surface area contributed by atoms with Gasteiger partial charge in [0.15, 0.2) is 0 Å². The summed E-state index contributed by atoms with van der Waals surface area (Å²) in [7, 11) is 0. The van der Waals surface area contributed by atoms with Crippen molar-refractivity contribution >= 4 is 0 Å². The average Bonchev–Trinajstić information content (AvgIpc) is 2.34. The molecular formula is C15H25NO. The van der Waals surface area contributed by atoms with Crippen LogP contribution in [-0.2, 0) is 6.54 Å². The van der Waals surface area contributed by atoms with Gasteiger partial charge < -0.3 is 10.1 Å². The highest BCUT2D eigenvalue weighted by Gasteiger charge is 2.03. The summed E-state index contributed by atoms with van der Waals surface area (Å²) in [6, 6.07) is 6.41. The number of nitrogens with one attached hydrogen (secondary N) is 1. The molecule has 1 N–H and O–H groups in total. The van der Waals surface area contributed by atoms with Crippen LogP contribution in [0.15, 0.2) is 18.2 Å². The summed E-state index contributed by atoms with van der Waals surface area (Å²) in [5.74, 6) is 1.03. The highest BCUT2D eigenvalue weighted by molar-refractivity contribution is 5.36. The molecule has 0 heterocycles. The van der Waals surface area contributed by atoms with Crippen LogP contribution in [0.25, 0.3) is 0 Å². The second kappa shape index (κ2) is 8.13. The van der Waals surface area contributed by atoms with Gasteiger partial charge in [-0.25, -0.2) is 0 Å². The largest absolute Gasteiger partial charge is 0.493 e. The molecule has 0 bridgehead atoms. The molecule has 0 aliphatic heterocycles. The van der Waals surface area contributed by atoms with E-state index in [0.717, 1.165) is 31.9 Å². The molecule has 0 saturated heterocycles. The average molecular weight is 235 g/mol. The fourth-order valence-electron chi connectivity index (χ4n) is 1.78. The summed E-state index contributed by atoms with van der Waals surface area (Å²) in [5, 5.41) is 3.35. The number of hydrogen-bond acceptors (Lipinski definition) is 2. The fourth-order valence-corrected chi connectivity index (χ4v) is 1.78. The molecule has 0 atom stereocenters. The summed E-state index contributed by atoms with van der Waals surface area (Å²) in [6.45, 7) is 9.16. The molecule has 0 saturated carbocycles. The van der Waals surface area contributed by atoms with Crippen LogP contribution in [-0.4, -0.2) is 13.2 Å². The topological polar surface area (TPSA) is 21.3 Å². The van der Waals surface area contributed by atoms with E-state index in [1.165, 1.54) is 24.0 Å². The zero-order chi connectivity index (χ0) is 12.5. The molecule has 17 heavy (non-hydrogen) atoms. The van der Waals surface area contributed by atoms with Crippen molar-refractivity contribution in [1.29, 1.82) is 0 Å². The van der Waals surface area contributed by atoms with Gasteiger partial charge in [-0.05, 0) is 26.0 Å². The quantitative estimate of drug-likeness (QED) is 0.694. The Hall–Kier alpha value is -1.02. The Morgan fingerprint density at radius 3 is 2.71 bits per heavy atom. The summed E-state index contributed by atoms with van der Waals surface area (Å²) in [6.07, 6.45) is 3.63. The van der Waals surface area contributed by atoms with Crippen LogP contribution < -0.4 is 10.1 Å². The Morgan fingerprint density at radius 2 is 2.00 bits per heavy atom. The number of aryl methyl sites for hydroxylation is 1. The summed E-state index contributed by atoms with van der Waals surface area (Å²) >= 11 is 0. The van der Waals surface area contributed by atoms with Gasteiger partial charge in [-0.2, -0.15) is 0 Å². The van der Waals surface area contributed by atoms with E-state index in [2.05, 4.69) is 44.3 Å². The van der Waals surface area contributed by atoms with E-state index in [1.54, 1.807) is 0 Å². The van der Waals surface area contributed by atoms with Crippen LogP contribution in [0.4, 0.5) is 0 Å². The van der Waals surface area contributed by atoms with E-state index in [-0.39, 0.29) is 0 Å². The Morgan fingerprint density at radius 1 is 1.18 bits per heavy atom. The smallest absolute Gasteiger partial charge is 0.123 e. The molecule has 0 spiro atoms. The first kappa shape index (κ1) is 14.0. The zero-order valence-corrected chi connectivity index (χ0v) is 11.4. The molecule has 0 unspecified atom stereocenters. The van der Waals surface area contributed by atoms with Crippen LogP contribution >= 0.6 is 0 Å². The number of ether oxygens (including phenoxy) is 1. The van der Waals surface area contributed by atoms with E-state index in [1.807, 2.05) is 0 Å². The van der Waals surface area contributed by atoms with Gasteiger partial charge in [-0.15, -0.1) is 0 Å². The molecule has 0 aliphatic carbocycles. The highest BCUT2D eigenvalue weighted by atomic mass is 16.5. The lowest BCUT2D eigenvalue weighted by Gasteiger charge is -2.12. The molecule has 2 nitrogen and oxygen atoms in total. The van der Waals surface area contributed by atoms with Crippen molar-refractivity contribution in [3.63, 3.8) is 0 Å². The molecule has 1 aromatic carbocycles. The van der Waals surface area contributed by atoms with Crippen molar-refractivity contribution in [2.24, 2.45) is 0 Å². The first-order valence-electron chi connectivity index (χ1n) is 6.71. The molecule has 0 aliphatic rings. The van der Waals surface area contributed by atoms with E-state index in [4.69, 9.17) is 4.74 Å². The third kappa shape index (κ3) is 5.22. The highest BCUT2D eigenvalue weighted by Crippen LogP contribution is 2.20. The van der Waals surface area contributed by atoms with Gasteiger partial charge in [-0.3, -0.25) is 0 Å². The first-order valence-corrected chi connectivity index (χ1v) is 6.71. The fraction of sp³-hybridized carbons (Fsp3) is 0.600. The van der Waals surface area contributed by atoms with E-state index >= 15 is 0 Å². The Bertz CT molecular complexity index is 323. The summed E-state index contributed by atoms with van der Waals surface area (Å²) in [4.78, 5) is 0. The minimum Gasteiger partial charge on any atom is -0.493 e. The summed E-state index contributed by atoms with van der Waals surface area (Å²) < 4.78 is 5.85. The molecule has 1 aromatic rings. The number of benzene rings is 1. The Labute approximate surface area is 105 Å². The molecule has 1 rings (SSSR count). The van der Waals surface area contributed by atoms with Gasteiger partial charge in [0.05, 0.1) is 6.61 Å². The van der Waals surface area contributed by atoms with Gasteiger partial charge in [0.2, 0.25) is 0 Å². The minimum atomic E-state index is 0.829. The van der Waals surface area contributed by atoms with E-state index in [0.29, 0.717) is 0 Å². The molecule has 96 valence electrons. The monoisotopic (exact) mass is 235 g/mol. The van der Waals surface area contributed by atoms with Crippen molar-refractivity contribution in [1.82, 2.24) is 5.32 Å². The van der Waals surface area contributed by atoms with Gasteiger partial charge in [-0.1, -0.05) is 44.4 Å². The second-order valence-electron chi connectivity index (χ2n) is 4.45. The number of hydrogen-bond donors (Lipinski definition) is 1. The molecule has 0 radical (unpaired) electrons. The molecule has 0 amide bonds. The molecule has 0 fully saturated rings. The van der Waals surface area contributed by atoms with Crippen LogP contribution in [0.5, 0.6) is 5.75 Å². The maximum absolute atomic E-state index is 5.85. The van der Waals surface area contributed by atoms with Crippen molar-refractivity contribution in [3.8, 4) is 5.75 Å². The van der Waals surface area contributed by atoms with E-state index < -0.39 is 0 Å². The predicted molar refractivity (Wildman–Crippen MR) is 73.6 cm³/mol. The van der Waals surface area contributed by atoms with Crippen LogP contribution in [0.2, 0.25) is 0 Å². The van der Waals surface area contributed by atoms with Gasteiger partial charge in [0.1, 0.15) is 5.75 Å². The Kier molecular flexibility index (Phi) is 6.71. The lowest BCUT2D eigenvalue weighted by molar-refractivity contribution is 0.302. The third-order valence-electron chi connectivity index (χ3n) is 2.79. The second-order valence-corrected chi connectivity index (χ2v) is 4.45. The van der Waals surface area contributed by atoms with E-state index in [9.17, 15) is 0 Å². The lowest BCUT2D eigenvalue weighted by atomic mass is 10.1. The maximum Gasteiger partial charge on any atom is 0.123 e. The molecule has 0 aromatic heterocycles. The van der Waals surface area contributed by atoms with Gasteiger partial charge in [0, 0.05) is 12.1 Å². The summed E-state index contributed by atoms with van der Waals surface area (Å²) in [5.41, 5.74) is 2.56. The van der Waals surface area contributed by atoms with Crippen molar-refractivity contribution in [3.05, 3.63) is 29.3 Å². The van der Waals surface area contributed by atoms with Crippen molar-refractivity contribution in [2.45, 2.75) is 46.6 Å². The first-order chi connectivity index (χ1) is 8.27. The minimum absolute atomic E-state index is 0.829. The van der Waals surface area contributed by atoms with Gasteiger partial charge >= 0.3 is 0 Å². The van der Waals surface area contributed by atoms with Crippen LogP contribution in [0.1, 0.15) is 44.2 Å². The van der Waals surface area contributed by atoms with Crippen LogP contribution in [0.3, 0.4) is 0 Å². The zero-order valence-electron chi connectivity index (χ0n) is 11.4. The normalized spacial score (nSPS) is 10.5. The van der Waals surface area contributed by atoms with Crippen molar-refractivity contribution < 1.29 is 4.74 Å². The van der Waals surface area contributed by atoms with Gasteiger partial charge in [0.25, 0.3) is 0 Å². The number of rotatable bonds is 8. The predicted octanol–water partition coefficient (Wildman–Crippen LogP) is 3.67. The lowest BCUT2D eigenvalue weighted by Crippen LogP contribution is -2.13. The maximum atomic E-state index is 5.85.